The Labute approximate surface area is 204 Å². The molecule has 0 heterocycles. The van der Waals surface area contributed by atoms with Gasteiger partial charge in [0.1, 0.15) is 25.0 Å². The van der Waals surface area contributed by atoms with Gasteiger partial charge in [-0.2, -0.15) is 0 Å². The van der Waals surface area contributed by atoms with Crippen molar-refractivity contribution in [2.45, 2.75) is 31.7 Å². The Morgan fingerprint density at radius 2 is 1.29 bits per heavy atom. The van der Waals surface area contributed by atoms with E-state index in [2.05, 4.69) is 10.6 Å². The zero-order valence-electron chi connectivity index (χ0n) is 19.3. The van der Waals surface area contributed by atoms with Crippen LogP contribution in [0.5, 0.6) is 5.75 Å². The molecule has 0 aliphatic rings. The van der Waals surface area contributed by atoms with Crippen molar-refractivity contribution in [2.75, 3.05) is 13.2 Å². The molecule has 0 aliphatic carbocycles. The topological polar surface area (TPSA) is 117 Å². The summed E-state index contributed by atoms with van der Waals surface area (Å²) in [5.41, 5.74) is 2.65. The summed E-state index contributed by atoms with van der Waals surface area (Å²) in [6.45, 7) is -0.365. The van der Waals surface area contributed by atoms with Gasteiger partial charge in [-0.05, 0) is 28.8 Å². The van der Waals surface area contributed by atoms with Crippen LogP contribution < -0.4 is 15.4 Å². The summed E-state index contributed by atoms with van der Waals surface area (Å²) >= 11 is 0. The van der Waals surface area contributed by atoms with Crippen LogP contribution in [0.3, 0.4) is 0 Å². The number of aliphatic hydroxyl groups excluding tert-OH is 2. The number of ether oxygens (including phenoxy) is 2. The second-order valence-electron chi connectivity index (χ2n) is 7.95. The van der Waals surface area contributed by atoms with E-state index in [4.69, 9.17) is 9.47 Å². The van der Waals surface area contributed by atoms with Crippen LogP contribution >= 0.6 is 0 Å². The maximum Gasteiger partial charge on any atom is 0.408 e. The third-order valence-corrected chi connectivity index (χ3v) is 5.22. The molecule has 0 bridgehead atoms. The van der Waals surface area contributed by atoms with E-state index in [0.29, 0.717) is 12.4 Å². The van der Waals surface area contributed by atoms with E-state index in [-0.39, 0.29) is 13.0 Å². The lowest BCUT2D eigenvalue weighted by Crippen LogP contribution is -2.52. The Kier molecular flexibility index (Phi) is 10.1. The number of rotatable bonds is 12. The van der Waals surface area contributed by atoms with Gasteiger partial charge in [-0.1, -0.05) is 72.8 Å². The molecule has 184 valence electrons. The van der Waals surface area contributed by atoms with Gasteiger partial charge in [0, 0.05) is 6.42 Å². The van der Waals surface area contributed by atoms with Crippen LogP contribution in [0.2, 0.25) is 0 Å². The van der Waals surface area contributed by atoms with E-state index in [1.165, 1.54) is 0 Å². The van der Waals surface area contributed by atoms with Crippen molar-refractivity contribution in [1.82, 2.24) is 10.6 Å². The van der Waals surface area contributed by atoms with Gasteiger partial charge < -0.3 is 30.3 Å². The monoisotopic (exact) mass is 478 g/mol. The first-order valence-corrected chi connectivity index (χ1v) is 11.3. The fraction of sp³-hybridized carbons (Fsp3) is 0.259. The molecule has 0 saturated heterocycles. The largest absolute Gasteiger partial charge is 0.489 e. The lowest BCUT2D eigenvalue weighted by atomic mass is 10.0. The minimum absolute atomic E-state index is 0.0599. The van der Waals surface area contributed by atoms with Crippen LogP contribution in [0.15, 0.2) is 84.9 Å². The number of hydrogen-bond acceptors (Lipinski definition) is 6. The molecule has 0 saturated carbocycles. The van der Waals surface area contributed by atoms with Crippen LogP contribution in [-0.4, -0.2) is 47.5 Å². The highest BCUT2D eigenvalue weighted by molar-refractivity contribution is 5.86. The lowest BCUT2D eigenvalue weighted by Gasteiger charge is -2.21. The van der Waals surface area contributed by atoms with Gasteiger partial charge in [0.2, 0.25) is 5.91 Å². The fourth-order valence-electron chi connectivity index (χ4n) is 3.27. The molecule has 3 rings (SSSR count). The normalized spacial score (nSPS) is 11.5. The van der Waals surface area contributed by atoms with E-state index >= 15 is 0 Å². The predicted octanol–water partition coefficient (Wildman–Crippen LogP) is 2.57. The highest BCUT2D eigenvalue weighted by atomic mass is 16.5. The van der Waals surface area contributed by atoms with Crippen molar-refractivity contribution >= 4 is 12.0 Å². The molecule has 0 unspecified atom stereocenters. The first kappa shape index (κ1) is 25.7. The molecule has 3 aromatic rings. The Balaban J connectivity index is 1.61. The molecule has 35 heavy (non-hydrogen) atoms. The molecular weight excluding hydrogens is 448 g/mol. The Morgan fingerprint density at radius 3 is 1.86 bits per heavy atom. The first-order chi connectivity index (χ1) is 17.1. The summed E-state index contributed by atoms with van der Waals surface area (Å²) in [4.78, 5) is 25.2. The predicted molar refractivity (Wildman–Crippen MR) is 131 cm³/mol. The van der Waals surface area contributed by atoms with Crippen LogP contribution in [0.25, 0.3) is 0 Å². The zero-order chi connectivity index (χ0) is 24.9. The second kappa shape index (κ2) is 13.7. The van der Waals surface area contributed by atoms with Gasteiger partial charge in [-0.15, -0.1) is 0 Å². The maximum absolute atomic E-state index is 12.8. The van der Waals surface area contributed by atoms with Gasteiger partial charge in [-0.3, -0.25) is 4.79 Å². The van der Waals surface area contributed by atoms with E-state index in [9.17, 15) is 19.8 Å². The SMILES string of the molecule is O=C(N[C@@H](Cc1ccc(OCc2ccccc2)cc1)C(=O)NC(CO)CO)OCc1ccccc1. The zero-order valence-corrected chi connectivity index (χ0v) is 19.3. The average Bonchev–Trinajstić information content (AvgIpc) is 2.90. The molecule has 0 aromatic heterocycles. The minimum Gasteiger partial charge on any atom is -0.489 e. The van der Waals surface area contributed by atoms with E-state index in [1.807, 2.05) is 72.8 Å². The molecule has 8 nitrogen and oxygen atoms in total. The van der Waals surface area contributed by atoms with Crippen molar-refractivity contribution in [1.29, 1.82) is 0 Å². The molecule has 2 amide bonds. The Morgan fingerprint density at radius 1 is 0.714 bits per heavy atom. The summed E-state index contributed by atoms with van der Waals surface area (Å²) in [5.74, 6) is 0.133. The fourth-order valence-corrected chi connectivity index (χ4v) is 3.27. The van der Waals surface area contributed by atoms with Crippen molar-refractivity contribution in [3.63, 3.8) is 0 Å². The molecule has 4 N–H and O–H groups in total. The van der Waals surface area contributed by atoms with Crippen LogP contribution in [0.1, 0.15) is 16.7 Å². The lowest BCUT2D eigenvalue weighted by molar-refractivity contribution is -0.124. The van der Waals surface area contributed by atoms with Gasteiger partial charge in [0.15, 0.2) is 0 Å². The van der Waals surface area contributed by atoms with Crippen LogP contribution in [-0.2, 0) is 29.2 Å². The number of amides is 2. The Bertz CT molecular complexity index is 1040. The minimum atomic E-state index is -0.977. The van der Waals surface area contributed by atoms with Crippen molar-refractivity contribution in [3.05, 3.63) is 102 Å². The summed E-state index contributed by atoms with van der Waals surface area (Å²) in [6.07, 6.45) is -0.573. The average molecular weight is 479 g/mol. The highest BCUT2D eigenvalue weighted by Crippen LogP contribution is 2.16. The third kappa shape index (κ3) is 8.77. The third-order valence-electron chi connectivity index (χ3n) is 5.22. The number of alkyl carbamates (subject to hydrolysis) is 1. The standard InChI is InChI=1S/C27H30N2O6/c30-16-23(17-31)28-26(32)25(29-27(33)35-19-22-9-5-2-6-10-22)15-20-11-13-24(14-12-20)34-18-21-7-3-1-4-8-21/h1-14,23,25,30-31H,15-19H2,(H,28,32)(H,29,33)/t25-/m0/s1. The number of aliphatic hydroxyl groups is 2. The van der Waals surface area contributed by atoms with Crippen LogP contribution in [0, 0.1) is 0 Å². The number of carbonyl (C=O) groups excluding carboxylic acids is 2. The maximum atomic E-state index is 12.8. The van der Waals surface area contributed by atoms with Gasteiger partial charge in [-0.25, -0.2) is 4.79 Å². The summed E-state index contributed by atoms with van der Waals surface area (Å²) in [7, 11) is 0. The van der Waals surface area contributed by atoms with Gasteiger partial charge in [0.25, 0.3) is 0 Å². The van der Waals surface area contributed by atoms with Gasteiger partial charge in [0.05, 0.1) is 19.3 Å². The molecular formula is C27H30N2O6. The number of hydrogen-bond donors (Lipinski definition) is 4. The van der Waals surface area contributed by atoms with E-state index < -0.39 is 37.3 Å². The first-order valence-electron chi connectivity index (χ1n) is 11.3. The second-order valence-corrected chi connectivity index (χ2v) is 7.95. The number of carbonyl (C=O) groups is 2. The van der Waals surface area contributed by atoms with E-state index in [1.54, 1.807) is 12.1 Å². The summed E-state index contributed by atoms with van der Waals surface area (Å²) in [6, 6.07) is 24.4. The summed E-state index contributed by atoms with van der Waals surface area (Å²) < 4.78 is 11.0. The summed E-state index contributed by atoms with van der Waals surface area (Å²) in [5, 5.41) is 23.7. The molecule has 1 atom stereocenters. The highest BCUT2D eigenvalue weighted by Gasteiger charge is 2.24. The molecule has 0 fully saturated rings. The Hall–Kier alpha value is -3.88. The number of nitrogens with one attached hydrogen (secondary N) is 2. The van der Waals surface area contributed by atoms with Crippen molar-refractivity contribution in [2.24, 2.45) is 0 Å². The van der Waals surface area contributed by atoms with Crippen LogP contribution in [0.4, 0.5) is 4.79 Å². The van der Waals surface area contributed by atoms with Crippen molar-refractivity contribution < 1.29 is 29.3 Å². The molecule has 3 aromatic carbocycles. The number of benzene rings is 3. The molecule has 0 radical (unpaired) electrons. The molecule has 8 heteroatoms. The van der Waals surface area contributed by atoms with Crippen molar-refractivity contribution in [3.8, 4) is 5.75 Å². The quantitative estimate of drug-likeness (QED) is 0.318. The van der Waals surface area contributed by atoms with E-state index in [0.717, 1.165) is 16.7 Å². The smallest absolute Gasteiger partial charge is 0.408 e. The molecule has 0 spiro atoms. The molecule has 0 aliphatic heterocycles. The van der Waals surface area contributed by atoms with Gasteiger partial charge >= 0.3 is 6.09 Å².